The number of hydrogen-bond donors (Lipinski definition) is 1. The van der Waals surface area contributed by atoms with Crippen LogP contribution in [-0.4, -0.2) is 21.1 Å². The zero-order valence-electron chi connectivity index (χ0n) is 14.7. The summed E-state index contributed by atoms with van der Waals surface area (Å²) in [4.78, 5) is 17.3. The fourth-order valence-electron chi connectivity index (χ4n) is 2.80. The molecule has 0 bridgehead atoms. The first-order valence-corrected chi connectivity index (χ1v) is 9.48. The van der Waals surface area contributed by atoms with Crippen molar-refractivity contribution in [1.29, 1.82) is 0 Å². The van der Waals surface area contributed by atoms with E-state index in [0.717, 1.165) is 22.0 Å². The van der Waals surface area contributed by atoms with Crippen molar-refractivity contribution in [3.8, 4) is 10.6 Å². The zero-order chi connectivity index (χ0) is 19.0. The van der Waals surface area contributed by atoms with Crippen LogP contribution >= 0.6 is 22.9 Å². The zero-order valence-corrected chi connectivity index (χ0v) is 16.2. The lowest BCUT2D eigenvalue weighted by atomic mass is 10.1. The van der Waals surface area contributed by atoms with Crippen LogP contribution < -0.4 is 5.32 Å². The topological polar surface area (TPSA) is 67.8 Å². The van der Waals surface area contributed by atoms with Crippen molar-refractivity contribution in [1.82, 2.24) is 15.2 Å². The molecular formula is C20H15ClN4OS. The van der Waals surface area contributed by atoms with Crippen molar-refractivity contribution in [3.63, 3.8) is 0 Å². The monoisotopic (exact) mass is 394 g/mol. The van der Waals surface area contributed by atoms with Crippen molar-refractivity contribution in [2.45, 2.75) is 13.8 Å². The quantitative estimate of drug-likeness (QED) is 0.513. The van der Waals surface area contributed by atoms with Gasteiger partial charge in [-0.3, -0.25) is 15.1 Å². The summed E-state index contributed by atoms with van der Waals surface area (Å²) < 4.78 is 0. The van der Waals surface area contributed by atoms with Crippen LogP contribution in [0.2, 0.25) is 5.02 Å². The molecule has 1 amide bonds. The van der Waals surface area contributed by atoms with E-state index in [0.29, 0.717) is 26.4 Å². The van der Waals surface area contributed by atoms with Gasteiger partial charge in [0.15, 0.2) is 5.01 Å². The average molecular weight is 395 g/mol. The van der Waals surface area contributed by atoms with E-state index in [2.05, 4.69) is 20.5 Å². The Labute approximate surface area is 165 Å². The fraction of sp³-hybridized carbons (Fsp3) is 0.100. The maximum Gasteiger partial charge on any atom is 0.259 e. The Morgan fingerprint density at radius 3 is 2.70 bits per heavy atom. The number of halogens is 1. The molecule has 2 heterocycles. The van der Waals surface area contributed by atoms with Crippen molar-refractivity contribution in [3.05, 3.63) is 70.4 Å². The highest BCUT2D eigenvalue weighted by molar-refractivity contribution is 7.18. The normalized spacial score (nSPS) is 10.9. The molecule has 0 radical (unpaired) electrons. The highest BCUT2D eigenvalue weighted by atomic mass is 35.5. The van der Waals surface area contributed by atoms with Gasteiger partial charge in [-0.05, 0) is 38.1 Å². The van der Waals surface area contributed by atoms with E-state index < -0.39 is 0 Å². The van der Waals surface area contributed by atoms with Gasteiger partial charge in [0, 0.05) is 10.9 Å². The van der Waals surface area contributed by atoms with Crippen molar-refractivity contribution in [2.24, 2.45) is 0 Å². The first-order chi connectivity index (χ1) is 13.0. The number of nitrogens with one attached hydrogen (secondary N) is 1. The van der Waals surface area contributed by atoms with Gasteiger partial charge < -0.3 is 0 Å². The standard InChI is InChI=1S/C20H15ClN4OS/c1-11-7-8-17-13(9-11)10-15(12(2)22-17)18(26)23-20-25-24-19(27-20)14-5-3-4-6-16(14)21/h3-10H,1-2H3,(H,23,25,26). The van der Waals surface area contributed by atoms with Gasteiger partial charge in [-0.15, -0.1) is 10.2 Å². The lowest BCUT2D eigenvalue weighted by Crippen LogP contribution is -2.14. The van der Waals surface area contributed by atoms with E-state index in [9.17, 15) is 4.79 Å². The Balaban J connectivity index is 1.62. The van der Waals surface area contributed by atoms with Gasteiger partial charge in [0.1, 0.15) is 0 Å². The summed E-state index contributed by atoms with van der Waals surface area (Å²) in [7, 11) is 0. The molecule has 0 fully saturated rings. The molecule has 134 valence electrons. The lowest BCUT2D eigenvalue weighted by Gasteiger charge is -2.07. The first-order valence-electron chi connectivity index (χ1n) is 8.29. The maximum absolute atomic E-state index is 12.7. The molecule has 2 aromatic carbocycles. The minimum atomic E-state index is -0.259. The Hall–Kier alpha value is -2.83. The second-order valence-electron chi connectivity index (χ2n) is 6.16. The number of rotatable bonds is 3. The highest BCUT2D eigenvalue weighted by Crippen LogP contribution is 2.31. The summed E-state index contributed by atoms with van der Waals surface area (Å²) >= 11 is 7.48. The van der Waals surface area contributed by atoms with E-state index in [4.69, 9.17) is 11.6 Å². The summed E-state index contributed by atoms with van der Waals surface area (Å²) in [6.07, 6.45) is 0. The van der Waals surface area contributed by atoms with Crippen LogP contribution in [0.4, 0.5) is 5.13 Å². The SMILES string of the molecule is Cc1ccc2nc(C)c(C(=O)Nc3nnc(-c4ccccc4Cl)s3)cc2c1. The van der Waals surface area contributed by atoms with Gasteiger partial charge in [-0.1, -0.05) is 52.8 Å². The number of nitrogens with zero attached hydrogens (tertiary/aromatic N) is 3. The molecule has 0 saturated heterocycles. The number of hydrogen-bond acceptors (Lipinski definition) is 5. The number of aromatic nitrogens is 3. The van der Waals surface area contributed by atoms with Crippen molar-refractivity contribution in [2.75, 3.05) is 5.32 Å². The number of aryl methyl sites for hydroxylation is 2. The third kappa shape index (κ3) is 3.54. The molecule has 0 unspecified atom stereocenters. The molecule has 4 aromatic rings. The molecule has 0 aliphatic rings. The predicted molar refractivity (Wildman–Crippen MR) is 110 cm³/mol. The average Bonchev–Trinajstić information content (AvgIpc) is 3.10. The molecule has 4 rings (SSSR count). The third-order valence-corrected chi connectivity index (χ3v) is 5.36. The molecular weight excluding hydrogens is 380 g/mol. The van der Waals surface area contributed by atoms with Crippen LogP contribution in [0.5, 0.6) is 0 Å². The van der Waals surface area contributed by atoms with Gasteiger partial charge in [0.05, 0.1) is 21.8 Å². The minimum Gasteiger partial charge on any atom is -0.296 e. The summed E-state index contributed by atoms with van der Waals surface area (Å²) in [5, 5.41) is 13.6. The summed E-state index contributed by atoms with van der Waals surface area (Å²) in [6.45, 7) is 3.83. The van der Waals surface area contributed by atoms with E-state index in [1.807, 2.05) is 56.3 Å². The number of carbonyl (C=O) groups excluding carboxylic acids is 1. The largest absolute Gasteiger partial charge is 0.296 e. The summed E-state index contributed by atoms with van der Waals surface area (Å²) in [5.74, 6) is -0.259. The number of pyridine rings is 1. The van der Waals surface area contributed by atoms with Gasteiger partial charge in [-0.2, -0.15) is 0 Å². The number of benzene rings is 2. The number of amides is 1. The van der Waals surface area contributed by atoms with Crippen molar-refractivity contribution >= 4 is 44.9 Å². The Kier molecular flexibility index (Phi) is 4.59. The van der Waals surface area contributed by atoms with Gasteiger partial charge in [0.25, 0.3) is 5.91 Å². The first kappa shape index (κ1) is 17.6. The van der Waals surface area contributed by atoms with Gasteiger partial charge in [-0.25, -0.2) is 0 Å². The molecule has 0 atom stereocenters. The van der Waals surface area contributed by atoms with E-state index in [1.165, 1.54) is 11.3 Å². The van der Waals surface area contributed by atoms with Gasteiger partial charge in [0.2, 0.25) is 5.13 Å². The predicted octanol–water partition coefficient (Wildman–Crippen LogP) is 5.28. The third-order valence-electron chi connectivity index (χ3n) is 4.16. The molecule has 0 aliphatic heterocycles. The van der Waals surface area contributed by atoms with E-state index >= 15 is 0 Å². The van der Waals surface area contributed by atoms with E-state index in [-0.39, 0.29) is 5.91 Å². The Bertz CT molecular complexity index is 1170. The highest BCUT2D eigenvalue weighted by Gasteiger charge is 2.16. The fourth-order valence-corrected chi connectivity index (χ4v) is 3.86. The molecule has 0 aliphatic carbocycles. The molecule has 5 nitrogen and oxygen atoms in total. The number of anilines is 1. The van der Waals surface area contributed by atoms with Crippen LogP contribution in [0.3, 0.4) is 0 Å². The summed E-state index contributed by atoms with van der Waals surface area (Å²) in [5.41, 5.74) is 3.96. The number of carbonyl (C=O) groups is 1. The number of fused-ring (bicyclic) bond motifs is 1. The summed E-state index contributed by atoms with van der Waals surface area (Å²) in [6, 6.07) is 15.2. The molecule has 1 N–H and O–H groups in total. The molecule has 0 saturated carbocycles. The van der Waals surface area contributed by atoms with Crippen LogP contribution in [-0.2, 0) is 0 Å². The van der Waals surface area contributed by atoms with Crippen molar-refractivity contribution < 1.29 is 4.79 Å². The van der Waals surface area contributed by atoms with Crippen LogP contribution in [0.15, 0.2) is 48.5 Å². The lowest BCUT2D eigenvalue weighted by molar-refractivity contribution is 0.102. The Morgan fingerprint density at radius 2 is 1.89 bits per heavy atom. The molecule has 27 heavy (non-hydrogen) atoms. The Morgan fingerprint density at radius 1 is 1.07 bits per heavy atom. The van der Waals surface area contributed by atoms with Crippen LogP contribution in [0.1, 0.15) is 21.6 Å². The van der Waals surface area contributed by atoms with Crippen LogP contribution in [0, 0.1) is 13.8 Å². The van der Waals surface area contributed by atoms with Crippen LogP contribution in [0.25, 0.3) is 21.5 Å². The van der Waals surface area contributed by atoms with Gasteiger partial charge >= 0.3 is 0 Å². The minimum absolute atomic E-state index is 0.259. The van der Waals surface area contributed by atoms with E-state index in [1.54, 1.807) is 6.07 Å². The maximum atomic E-state index is 12.7. The molecule has 0 spiro atoms. The molecule has 7 heteroatoms. The smallest absolute Gasteiger partial charge is 0.259 e. The second-order valence-corrected chi connectivity index (χ2v) is 7.55. The molecule has 2 aromatic heterocycles. The second kappa shape index (κ2) is 7.06.